The summed E-state index contributed by atoms with van der Waals surface area (Å²) < 4.78 is 30.4. The predicted octanol–water partition coefficient (Wildman–Crippen LogP) is 0.681. The van der Waals surface area contributed by atoms with Gasteiger partial charge in [-0.2, -0.15) is 5.10 Å². The zero-order valence-electron chi connectivity index (χ0n) is 15.2. The lowest BCUT2D eigenvalue weighted by molar-refractivity contribution is 0.541. The Kier molecular flexibility index (Phi) is 5.05. The summed E-state index contributed by atoms with van der Waals surface area (Å²) in [6.45, 7) is 0.151. The fourth-order valence-corrected chi connectivity index (χ4v) is 4.36. The van der Waals surface area contributed by atoms with Gasteiger partial charge in [-0.05, 0) is 55.0 Å². The van der Waals surface area contributed by atoms with Crippen molar-refractivity contribution in [2.45, 2.75) is 37.1 Å². The Bertz CT molecular complexity index is 1140. The van der Waals surface area contributed by atoms with Gasteiger partial charge in [0.25, 0.3) is 5.56 Å². The number of sulfonamides is 1. The molecule has 0 atom stereocenters. The summed E-state index contributed by atoms with van der Waals surface area (Å²) in [6.07, 6.45) is 6.97. The predicted molar refractivity (Wildman–Crippen MR) is 102 cm³/mol. The van der Waals surface area contributed by atoms with Crippen molar-refractivity contribution >= 4 is 10.0 Å². The van der Waals surface area contributed by atoms with Gasteiger partial charge in [0.1, 0.15) is 12.7 Å². The molecule has 28 heavy (non-hydrogen) atoms. The van der Waals surface area contributed by atoms with Gasteiger partial charge in [0.15, 0.2) is 5.82 Å². The zero-order chi connectivity index (χ0) is 19.6. The smallest absolute Gasteiger partial charge is 0.266 e. The number of nitrogens with zero attached hydrogens (tertiary/aromatic N) is 5. The van der Waals surface area contributed by atoms with Crippen molar-refractivity contribution in [3.05, 3.63) is 64.5 Å². The summed E-state index contributed by atoms with van der Waals surface area (Å²) in [6, 6.07) is 8.19. The summed E-state index contributed by atoms with van der Waals surface area (Å²) in [5, 5.41) is 8.16. The lowest BCUT2D eigenvalue weighted by Crippen LogP contribution is -2.32. The molecule has 0 saturated heterocycles. The first-order valence-corrected chi connectivity index (χ1v) is 10.6. The number of rotatable bonds is 6. The van der Waals surface area contributed by atoms with Gasteiger partial charge in [0.2, 0.25) is 10.0 Å². The van der Waals surface area contributed by atoms with Crippen LogP contribution >= 0.6 is 0 Å². The maximum absolute atomic E-state index is 12.6. The van der Waals surface area contributed by atoms with Crippen LogP contribution in [0.3, 0.4) is 0 Å². The van der Waals surface area contributed by atoms with Crippen LogP contribution in [-0.4, -0.2) is 39.5 Å². The maximum Gasteiger partial charge on any atom is 0.266 e. The third-order valence-electron chi connectivity index (χ3n) is 4.75. The molecule has 0 unspecified atom stereocenters. The van der Waals surface area contributed by atoms with E-state index in [4.69, 9.17) is 0 Å². The highest BCUT2D eigenvalue weighted by molar-refractivity contribution is 7.89. The second kappa shape index (κ2) is 7.64. The van der Waals surface area contributed by atoms with Crippen molar-refractivity contribution in [1.82, 2.24) is 29.3 Å². The average molecular weight is 400 g/mol. The highest BCUT2D eigenvalue weighted by atomic mass is 32.2. The molecule has 2 heterocycles. The number of aryl methyl sites for hydroxylation is 2. The van der Waals surface area contributed by atoms with Gasteiger partial charge in [-0.1, -0.05) is 6.07 Å². The van der Waals surface area contributed by atoms with Crippen LogP contribution in [0, 0.1) is 0 Å². The summed E-state index contributed by atoms with van der Waals surface area (Å²) >= 11 is 0. The van der Waals surface area contributed by atoms with Gasteiger partial charge >= 0.3 is 0 Å². The van der Waals surface area contributed by atoms with Crippen molar-refractivity contribution in [3.8, 4) is 5.82 Å². The number of fused-ring (bicyclic) bond motifs is 1. The zero-order valence-corrected chi connectivity index (χ0v) is 16.0. The van der Waals surface area contributed by atoms with Crippen molar-refractivity contribution in [2.24, 2.45) is 0 Å². The molecule has 0 aliphatic heterocycles. The third-order valence-corrected chi connectivity index (χ3v) is 6.21. The Labute approximate surface area is 162 Å². The fraction of sp³-hybridized carbons (Fsp3) is 0.333. The van der Waals surface area contributed by atoms with E-state index >= 15 is 0 Å². The van der Waals surface area contributed by atoms with Crippen LogP contribution in [0.15, 0.2) is 52.7 Å². The number of hydrogen-bond acceptors (Lipinski definition) is 6. The molecule has 0 radical (unpaired) electrons. The third kappa shape index (κ3) is 3.87. The first-order valence-electron chi connectivity index (χ1n) is 9.07. The summed E-state index contributed by atoms with van der Waals surface area (Å²) in [5.41, 5.74) is 2.01. The number of nitrogens with one attached hydrogen (secondary N) is 1. The van der Waals surface area contributed by atoms with Gasteiger partial charge in [-0.15, -0.1) is 5.10 Å². The Morgan fingerprint density at radius 3 is 2.68 bits per heavy atom. The van der Waals surface area contributed by atoms with Crippen LogP contribution in [0.4, 0.5) is 0 Å². The van der Waals surface area contributed by atoms with E-state index in [-0.39, 0.29) is 23.5 Å². The second-order valence-electron chi connectivity index (χ2n) is 6.63. The van der Waals surface area contributed by atoms with Crippen LogP contribution in [-0.2, 0) is 29.4 Å². The molecule has 10 heteroatoms. The van der Waals surface area contributed by atoms with Gasteiger partial charge in [0.05, 0.1) is 11.4 Å². The molecular weight excluding hydrogens is 380 g/mol. The molecule has 0 saturated carbocycles. The molecule has 0 fully saturated rings. The van der Waals surface area contributed by atoms with Gasteiger partial charge in [-0.3, -0.25) is 4.79 Å². The molecule has 9 nitrogen and oxygen atoms in total. The van der Waals surface area contributed by atoms with E-state index in [2.05, 4.69) is 19.9 Å². The molecule has 2 aromatic heterocycles. The minimum absolute atomic E-state index is 0.0487. The number of benzene rings is 1. The van der Waals surface area contributed by atoms with Crippen LogP contribution in [0.25, 0.3) is 5.82 Å². The van der Waals surface area contributed by atoms with Crippen molar-refractivity contribution < 1.29 is 8.42 Å². The molecule has 0 bridgehead atoms. The molecule has 1 aromatic carbocycles. The fourth-order valence-electron chi connectivity index (χ4n) is 3.29. The average Bonchev–Trinajstić information content (AvgIpc) is 3.24. The minimum atomic E-state index is -3.65. The van der Waals surface area contributed by atoms with Gasteiger partial charge in [-0.25, -0.2) is 27.5 Å². The van der Waals surface area contributed by atoms with Gasteiger partial charge in [0, 0.05) is 12.6 Å². The Morgan fingerprint density at radius 2 is 1.89 bits per heavy atom. The van der Waals surface area contributed by atoms with Crippen LogP contribution in [0.1, 0.15) is 24.0 Å². The lowest BCUT2D eigenvalue weighted by atomic mass is 9.92. The molecule has 3 aromatic rings. The van der Waals surface area contributed by atoms with Crippen LogP contribution in [0.2, 0.25) is 0 Å². The van der Waals surface area contributed by atoms with E-state index in [0.717, 1.165) is 31.2 Å². The summed E-state index contributed by atoms with van der Waals surface area (Å²) in [5.74, 6) is 0.426. The minimum Gasteiger partial charge on any atom is -0.268 e. The number of hydrogen-bond donors (Lipinski definition) is 1. The standard InChI is InChI=1S/C18H20N6O3S/c25-18-8-7-17(24-13-19-12-20-24)22-23(18)10-9-21-28(26,27)16-6-5-14-3-1-2-4-15(14)11-16/h5-8,11-13,21H,1-4,9-10H2. The highest BCUT2D eigenvalue weighted by Crippen LogP contribution is 2.23. The molecule has 1 aliphatic carbocycles. The normalized spacial score (nSPS) is 14.0. The summed E-state index contributed by atoms with van der Waals surface area (Å²) in [7, 11) is -3.65. The quantitative estimate of drug-likeness (QED) is 0.651. The maximum atomic E-state index is 12.6. The molecule has 1 aliphatic rings. The van der Waals surface area contributed by atoms with Crippen LogP contribution in [0.5, 0.6) is 0 Å². The molecule has 146 valence electrons. The van der Waals surface area contributed by atoms with E-state index in [1.807, 2.05) is 6.07 Å². The highest BCUT2D eigenvalue weighted by Gasteiger charge is 2.17. The topological polar surface area (TPSA) is 112 Å². The van der Waals surface area contributed by atoms with Crippen molar-refractivity contribution in [1.29, 1.82) is 0 Å². The molecule has 0 amide bonds. The SMILES string of the molecule is O=c1ccc(-n2cncn2)nn1CCNS(=O)(=O)c1ccc2c(c1)CCCC2. The van der Waals surface area contributed by atoms with E-state index in [0.29, 0.717) is 5.82 Å². The van der Waals surface area contributed by atoms with E-state index < -0.39 is 10.0 Å². The Morgan fingerprint density at radius 1 is 1.07 bits per heavy atom. The monoisotopic (exact) mass is 400 g/mol. The van der Waals surface area contributed by atoms with Gasteiger partial charge < -0.3 is 0 Å². The molecule has 4 rings (SSSR count). The van der Waals surface area contributed by atoms with E-state index in [1.165, 1.54) is 39.7 Å². The first kappa shape index (κ1) is 18.5. The number of aromatic nitrogens is 5. The largest absolute Gasteiger partial charge is 0.268 e. The van der Waals surface area contributed by atoms with Crippen molar-refractivity contribution in [2.75, 3.05) is 6.54 Å². The second-order valence-corrected chi connectivity index (χ2v) is 8.40. The first-order chi connectivity index (χ1) is 13.5. The molecule has 0 spiro atoms. The lowest BCUT2D eigenvalue weighted by Gasteiger charge is -2.16. The summed E-state index contributed by atoms with van der Waals surface area (Å²) in [4.78, 5) is 16.1. The Balaban J connectivity index is 1.46. The Hall–Kier alpha value is -2.85. The van der Waals surface area contributed by atoms with E-state index in [1.54, 1.807) is 12.1 Å². The van der Waals surface area contributed by atoms with Crippen molar-refractivity contribution in [3.63, 3.8) is 0 Å². The molecular formula is C18H20N6O3S. The van der Waals surface area contributed by atoms with Crippen LogP contribution < -0.4 is 10.3 Å². The molecule has 1 N–H and O–H groups in total. The van der Waals surface area contributed by atoms with E-state index in [9.17, 15) is 13.2 Å².